The first-order valence-corrected chi connectivity index (χ1v) is 4.37. The number of alkyl halides is 2. The van der Waals surface area contributed by atoms with E-state index in [9.17, 15) is 18.7 Å². The zero-order chi connectivity index (χ0) is 12.2. The van der Waals surface area contributed by atoms with Gasteiger partial charge < -0.3 is 15.5 Å². The van der Waals surface area contributed by atoms with E-state index in [0.29, 0.717) is 0 Å². The quantitative estimate of drug-likeness (QED) is 0.689. The van der Waals surface area contributed by atoms with Gasteiger partial charge in [-0.05, 0) is 12.1 Å². The minimum Gasteiger partial charge on any atom is -0.505 e. The maximum atomic E-state index is 12.6. The van der Waals surface area contributed by atoms with Gasteiger partial charge >= 0.3 is 0 Å². The first-order valence-electron chi connectivity index (χ1n) is 4.37. The van der Waals surface area contributed by atoms with Crippen molar-refractivity contribution in [2.45, 2.75) is 5.92 Å². The first-order chi connectivity index (χ1) is 7.46. The van der Waals surface area contributed by atoms with Gasteiger partial charge in [0.1, 0.15) is 12.4 Å². The van der Waals surface area contributed by atoms with Gasteiger partial charge in [-0.15, -0.1) is 0 Å². The summed E-state index contributed by atoms with van der Waals surface area (Å²) < 4.78 is 25.2. The summed E-state index contributed by atoms with van der Waals surface area (Å²) in [6.45, 7) is -2.38. The van der Waals surface area contributed by atoms with Crippen molar-refractivity contribution < 1.29 is 23.8 Å². The Bertz CT molecular complexity index is 385. The Kier molecular flexibility index (Phi) is 3.73. The highest BCUT2D eigenvalue weighted by Crippen LogP contribution is 2.14. The fraction of sp³-hybridized carbons (Fsp3) is 0.333. The second-order valence-electron chi connectivity index (χ2n) is 3.07. The van der Waals surface area contributed by atoms with Crippen molar-refractivity contribution in [3.8, 4) is 5.75 Å². The molecule has 1 rings (SSSR count). The Balaban J connectivity index is 2.64. The molecule has 1 aromatic heterocycles. The molecule has 0 aliphatic heterocycles. The van der Waals surface area contributed by atoms with Crippen molar-refractivity contribution >= 4 is 5.91 Å². The van der Waals surface area contributed by atoms with Crippen LogP contribution >= 0.6 is 0 Å². The molecule has 0 atom stereocenters. The van der Waals surface area contributed by atoms with Crippen LogP contribution in [0.4, 0.5) is 8.78 Å². The highest BCUT2D eigenvalue weighted by molar-refractivity contribution is 5.94. The number of amides is 1. The van der Waals surface area contributed by atoms with Crippen LogP contribution in [-0.2, 0) is 0 Å². The predicted molar refractivity (Wildman–Crippen MR) is 50.3 cm³/mol. The van der Waals surface area contributed by atoms with Crippen molar-refractivity contribution in [3.63, 3.8) is 0 Å². The number of aliphatic hydroxyl groups excluding tert-OH is 1. The minimum atomic E-state index is -3.39. The highest BCUT2D eigenvalue weighted by Gasteiger charge is 2.28. The number of aromatic hydroxyl groups is 1. The van der Waals surface area contributed by atoms with Crippen LogP contribution < -0.4 is 5.32 Å². The molecule has 1 aromatic rings. The highest BCUT2D eigenvalue weighted by atomic mass is 19.3. The molecule has 88 valence electrons. The topological polar surface area (TPSA) is 82.5 Å². The number of rotatable bonds is 4. The molecule has 0 unspecified atom stereocenters. The monoisotopic (exact) mass is 232 g/mol. The Morgan fingerprint density at radius 2 is 2.25 bits per heavy atom. The Hall–Kier alpha value is -1.76. The van der Waals surface area contributed by atoms with Crippen LogP contribution in [0.3, 0.4) is 0 Å². The lowest BCUT2D eigenvalue weighted by Crippen LogP contribution is -2.39. The third-order valence-corrected chi connectivity index (χ3v) is 1.74. The lowest BCUT2D eigenvalue weighted by molar-refractivity contribution is -0.0462. The first kappa shape index (κ1) is 12.3. The summed E-state index contributed by atoms with van der Waals surface area (Å²) in [5.74, 6) is -4.71. The van der Waals surface area contributed by atoms with Gasteiger partial charge in [0, 0.05) is 6.20 Å². The summed E-state index contributed by atoms with van der Waals surface area (Å²) in [5, 5.41) is 19.3. The van der Waals surface area contributed by atoms with Gasteiger partial charge in [0.05, 0.1) is 6.54 Å². The van der Waals surface area contributed by atoms with Gasteiger partial charge in [-0.2, -0.15) is 0 Å². The number of halogens is 2. The molecular weight excluding hydrogens is 222 g/mol. The van der Waals surface area contributed by atoms with Crippen molar-refractivity contribution in [1.82, 2.24) is 10.3 Å². The molecule has 0 spiro atoms. The molecule has 3 N–H and O–H groups in total. The summed E-state index contributed by atoms with van der Waals surface area (Å²) in [6, 6.07) is 2.61. The van der Waals surface area contributed by atoms with Crippen LogP contribution in [0.2, 0.25) is 0 Å². The van der Waals surface area contributed by atoms with Crippen LogP contribution in [0, 0.1) is 0 Å². The molecular formula is C9H10F2N2O3. The molecule has 7 heteroatoms. The second-order valence-corrected chi connectivity index (χ2v) is 3.07. The molecule has 1 amide bonds. The fourth-order valence-corrected chi connectivity index (χ4v) is 0.921. The Labute approximate surface area is 89.7 Å². The molecule has 0 saturated heterocycles. The number of hydrogen-bond acceptors (Lipinski definition) is 4. The van der Waals surface area contributed by atoms with E-state index in [0.717, 1.165) is 0 Å². The third kappa shape index (κ3) is 3.13. The SMILES string of the molecule is O=C(NCC(F)(F)CO)c1ncccc1O. The molecule has 0 aliphatic carbocycles. The Morgan fingerprint density at radius 1 is 1.56 bits per heavy atom. The fourth-order valence-electron chi connectivity index (χ4n) is 0.921. The summed E-state index contributed by atoms with van der Waals surface area (Å²) in [4.78, 5) is 14.8. The average Bonchev–Trinajstić information content (AvgIpc) is 2.27. The van der Waals surface area contributed by atoms with E-state index < -0.39 is 30.7 Å². The molecule has 16 heavy (non-hydrogen) atoms. The standard InChI is InChI=1S/C9H10F2N2O3/c10-9(11,5-14)4-13-8(16)7-6(15)2-1-3-12-7/h1-3,14-15H,4-5H2,(H,13,16). The number of carbonyl (C=O) groups is 1. The van der Waals surface area contributed by atoms with Gasteiger partial charge in [-0.3, -0.25) is 4.79 Å². The number of pyridine rings is 1. The number of nitrogens with one attached hydrogen (secondary N) is 1. The lowest BCUT2D eigenvalue weighted by Gasteiger charge is -2.13. The summed E-state index contributed by atoms with van der Waals surface area (Å²) in [7, 11) is 0. The smallest absolute Gasteiger partial charge is 0.287 e. The van der Waals surface area contributed by atoms with E-state index in [4.69, 9.17) is 5.11 Å². The van der Waals surface area contributed by atoms with E-state index in [-0.39, 0.29) is 5.69 Å². The van der Waals surface area contributed by atoms with Crippen LogP contribution in [-0.4, -0.2) is 40.2 Å². The summed E-state index contributed by atoms with van der Waals surface area (Å²) >= 11 is 0. The molecule has 0 aliphatic rings. The molecule has 0 radical (unpaired) electrons. The molecule has 0 aromatic carbocycles. The zero-order valence-electron chi connectivity index (χ0n) is 8.15. The van der Waals surface area contributed by atoms with Gasteiger partial charge in [0.15, 0.2) is 5.69 Å². The molecule has 0 bridgehead atoms. The summed E-state index contributed by atoms with van der Waals surface area (Å²) in [5.41, 5.74) is -0.337. The number of carbonyl (C=O) groups excluding carboxylic acids is 1. The van der Waals surface area contributed by atoms with Gasteiger partial charge in [0.25, 0.3) is 11.8 Å². The molecule has 1 heterocycles. The van der Waals surface area contributed by atoms with Crippen LogP contribution in [0.5, 0.6) is 5.75 Å². The van der Waals surface area contributed by atoms with Crippen molar-refractivity contribution in [1.29, 1.82) is 0 Å². The third-order valence-electron chi connectivity index (χ3n) is 1.74. The van der Waals surface area contributed by atoms with Crippen molar-refractivity contribution in [2.75, 3.05) is 13.2 Å². The molecule has 5 nitrogen and oxygen atoms in total. The maximum Gasteiger partial charge on any atom is 0.287 e. The van der Waals surface area contributed by atoms with Gasteiger partial charge in [-0.25, -0.2) is 13.8 Å². The summed E-state index contributed by atoms with van der Waals surface area (Å²) in [6.07, 6.45) is 1.25. The maximum absolute atomic E-state index is 12.6. The van der Waals surface area contributed by atoms with E-state index in [1.807, 2.05) is 5.32 Å². The van der Waals surface area contributed by atoms with E-state index in [2.05, 4.69) is 4.98 Å². The number of nitrogens with zero attached hydrogens (tertiary/aromatic N) is 1. The van der Waals surface area contributed by atoms with Gasteiger partial charge in [0.2, 0.25) is 0 Å². The van der Waals surface area contributed by atoms with Crippen molar-refractivity contribution in [2.24, 2.45) is 0 Å². The van der Waals surface area contributed by atoms with E-state index in [1.54, 1.807) is 0 Å². The van der Waals surface area contributed by atoms with Gasteiger partial charge in [-0.1, -0.05) is 0 Å². The van der Waals surface area contributed by atoms with Crippen LogP contribution in [0.1, 0.15) is 10.5 Å². The predicted octanol–water partition coefficient (Wildman–Crippen LogP) is 0.145. The molecule has 0 saturated carbocycles. The van der Waals surface area contributed by atoms with Crippen molar-refractivity contribution in [3.05, 3.63) is 24.0 Å². The Morgan fingerprint density at radius 3 is 2.81 bits per heavy atom. The van der Waals surface area contributed by atoms with Crippen LogP contribution in [0.15, 0.2) is 18.3 Å². The largest absolute Gasteiger partial charge is 0.505 e. The number of hydrogen-bond donors (Lipinski definition) is 3. The second kappa shape index (κ2) is 4.84. The van der Waals surface area contributed by atoms with E-state index in [1.165, 1.54) is 18.3 Å². The average molecular weight is 232 g/mol. The normalized spacial score (nSPS) is 11.2. The van der Waals surface area contributed by atoms with Crippen LogP contribution in [0.25, 0.3) is 0 Å². The minimum absolute atomic E-state index is 0.337. The van der Waals surface area contributed by atoms with E-state index >= 15 is 0 Å². The molecule has 0 fully saturated rings. The number of aromatic nitrogens is 1. The lowest BCUT2D eigenvalue weighted by atomic mass is 10.3. The zero-order valence-corrected chi connectivity index (χ0v) is 8.15. The number of aliphatic hydroxyl groups is 1.